The Morgan fingerprint density at radius 2 is 2.05 bits per heavy atom. The van der Waals surface area contributed by atoms with Crippen LogP contribution in [0, 0.1) is 0 Å². The van der Waals surface area contributed by atoms with Gasteiger partial charge in [0.1, 0.15) is 11.5 Å². The number of hydrogen-bond acceptors (Lipinski definition) is 4. The molecule has 0 saturated heterocycles. The van der Waals surface area contributed by atoms with Crippen LogP contribution in [0.4, 0.5) is 11.4 Å². The molecule has 3 N–H and O–H groups in total. The Labute approximate surface area is 130 Å². The molecular weight excluding hydrogens is 280 g/mol. The number of nitrogens with two attached hydrogens (primary N) is 1. The van der Waals surface area contributed by atoms with Crippen LogP contribution in [0.15, 0.2) is 42.5 Å². The van der Waals surface area contributed by atoms with E-state index in [1.54, 1.807) is 37.4 Å². The van der Waals surface area contributed by atoms with Crippen molar-refractivity contribution in [2.45, 2.75) is 13.3 Å². The molecule has 2 aromatic rings. The summed E-state index contributed by atoms with van der Waals surface area (Å²) in [7, 11) is 1.58. The molecular formula is C17H20N2O3. The van der Waals surface area contributed by atoms with Gasteiger partial charge in [0, 0.05) is 17.3 Å². The van der Waals surface area contributed by atoms with Gasteiger partial charge in [0.15, 0.2) is 0 Å². The molecule has 116 valence electrons. The summed E-state index contributed by atoms with van der Waals surface area (Å²) in [5.74, 6) is 1.04. The first-order chi connectivity index (χ1) is 10.6. The van der Waals surface area contributed by atoms with Gasteiger partial charge >= 0.3 is 0 Å². The molecule has 0 aliphatic carbocycles. The number of carbonyl (C=O) groups excluding carboxylic acids is 1. The highest BCUT2D eigenvalue weighted by Gasteiger charge is 2.09. The molecule has 2 aromatic carbocycles. The smallest absolute Gasteiger partial charge is 0.255 e. The lowest BCUT2D eigenvalue weighted by atomic mass is 10.1. The highest BCUT2D eigenvalue weighted by molar-refractivity contribution is 6.05. The maximum absolute atomic E-state index is 12.2. The summed E-state index contributed by atoms with van der Waals surface area (Å²) in [4.78, 5) is 12.2. The van der Waals surface area contributed by atoms with Crippen molar-refractivity contribution in [2.75, 3.05) is 24.8 Å². The van der Waals surface area contributed by atoms with Gasteiger partial charge in [-0.3, -0.25) is 4.79 Å². The average Bonchev–Trinajstić information content (AvgIpc) is 2.53. The second kappa shape index (κ2) is 7.36. The van der Waals surface area contributed by atoms with Gasteiger partial charge in [-0.25, -0.2) is 0 Å². The Kier molecular flexibility index (Phi) is 5.25. The molecule has 0 bridgehead atoms. The van der Waals surface area contributed by atoms with Crippen LogP contribution in [0.5, 0.6) is 11.5 Å². The predicted molar refractivity (Wildman–Crippen MR) is 87.6 cm³/mol. The van der Waals surface area contributed by atoms with E-state index in [4.69, 9.17) is 15.2 Å². The molecule has 0 aromatic heterocycles. The molecule has 0 unspecified atom stereocenters. The third-order valence-electron chi connectivity index (χ3n) is 3.06. The first-order valence-electron chi connectivity index (χ1n) is 7.11. The number of rotatable bonds is 6. The number of hydrogen-bond donors (Lipinski definition) is 2. The molecule has 0 atom stereocenters. The van der Waals surface area contributed by atoms with Crippen molar-refractivity contribution >= 4 is 17.3 Å². The lowest BCUT2D eigenvalue weighted by Crippen LogP contribution is -2.12. The molecule has 1 amide bonds. The minimum atomic E-state index is -0.234. The molecule has 0 radical (unpaired) electrons. The van der Waals surface area contributed by atoms with Crippen LogP contribution in [0.25, 0.3) is 0 Å². The molecule has 0 aliphatic heterocycles. The summed E-state index contributed by atoms with van der Waals surface area (Å²) in [6.07, 6.45) is 0.900. The quantitative estimate of drug-likeness (QED) is 0.803. The van der Waals surface area contributed by atoms with Crippen LogP contribution in [-0.4, -0.2) is 19.6 Å². The van der Waals surface area contributed by atoms with E-state index in [0.717, 1.165) is 6.42 Å². The van der Waals surface area contributed by atoms with E-state index in [-0.39, 0.29) is 5.91 Å². The summed E-state index contributed by atoms with van der Waals surface area (Å²) in [5.41, 5.74) is 7.50. The molecule has 0 aliphatic rings. The van der Waals surface area contributed by atoms with Crippen molar-refractivity contribution in [3.05, 3.63) is 48.0 Å². The monoisotopic (exact) mass is 300 g/mol. The maximum atomic E-state index is 12.2. The standard InChI is InChI=1S/C17H20N2O3/c1-3-9-22-16-8-7-12(10-15(16)18)17(20)19-13-5-4-6-14(11-13)21-2/h4-8,10-11H,3,9,18H2,1-2H3,(H,19,20). The zero-order chi connectivity index (χ0) is 15.9. The fraction of sp³-hybridized carbons (Fsp3) is 0.235. The van der Waals surface area contributed by atoms with Crippen LogP contribution in [0.2, 0.25) is 0 Å². The Bertz CT molecular complexity index is 656. The van der Waals surface area contributed by atoms with E-state index in [1.165, 1.54) is 0 Å². The maximum Gasteiger partial charge on any atom is 0.255 e. The van der Waals surface area contributed by atoms with Crippen molar-refractivity contribution in [3.63, 3.8) is 0 Å². The minimum Gasteiger partial charge on any atom is -0.497 e. The zero-order valence-electron chi connectivity index (χ0n) is 12.8. The summed E-state index contributed by atoms with van der Waals surface area (Å²) in [5, 5.41) is 2.81. The van der Waals surface area contributed by atoms with E-state index >= 15 is 0 Å². The number of benzene rings is 2. The Balaban J connectivity index is 2.10. The molecule has 0 spiro atoms. The third-order valence-corrected chi connectivity index (χ3v) is 3.06. The summed E-state index contributed by atoms with van der Waals surface area (Å²) in [6, 6.07) is 12.2. The largest absolute Gasteiger partial charge is 0.497 e. The van der Waals surface area contributed by atoms with Gasteiger partial charge in [0.05, 0.1) is 19.4 Å². The Morgan fingerprint density at radius 3 is 2.73 bits per heavy atom. The van der Waals surface area contributed by atoms with Gasteiger partial charge in [-0.1, -0.05) is 13.0 Å². The van der Waals surface area contributed by atoms with Gasteiger partial charge < -0.3 is 20.5 Å². The first-order valence-corrected chi connectivity index (χ1v) is 7.11. The van der Waals surface area contributed by atoms with E-state index in [1.807, 2.05) is 19.1 Å². The fourth-order valence-electron chi connectivity index (χ4n) is 1.94. The Morgan fingerprint density at radius 1 is 1.23 bits per heavy atom. The van der Waals surface area contributed by atoms with Gasteiger partial charge in [-0.2, -0.15) is 0 Å². The highest BCUT2D eigenvalue weighted by atomic mass is 16.5. The molecule has 2 rings (SSSR count). The number of nitrogen functional groups attached to an aromatic ring is 1. The zero-order valence-corrected chi connectivity index (χ0v) is 12.8. The molecule has 0 saturated carbocycles. The number of ether oxygens (including phenoxy) is 2. The first kappa shape index (κ1) is 15.7. The molecule has 0 fully saturated rings. The minimum absolute atomic E-state index is 0.234. The van der Waals surface area contributed by atoms with Crippen molar-refractivity contribution in [3.8, 4) is 11.5 Å². The predicted octanol–water partition coefficient (Wildman–Crippen LogP) is 3.32. The van der Waals surface area contributed by atoms with Gasteiger partial charge in [-0.15, -0.1) is 0 Å². The number of nitrogens with one attached hydrogen (secondary N) is 1. The average molecular weight is 300 g/mol. The second-order valence-corrected chi connectivity index (χ2v) is 4.79. The lowest BCUT2D eigenvalue weighted by Gasteiger charge is -2.10. The van der Waals surface area contributed by atoms with Crippen LogP contribution in [0.1, 0.15) is 23.7 Å². The van der Waals surface area contributed by atoms with Gasteiger partial charge in [0.25, 0.3) is 5.91 Å². The van der Waals surface area contributed by atoms with Crippen molar-refractivity contribution in [2.24, 2.45) is 0 Å². The molecule has 5 heteroatoms. The normalized spacial score (nSPS) is 10.1. The van der Waals surface area contributed by atoms with E-state index in [2.05, 4.69) is 5.32 Å². The third kappa shape index (κ3) is 3.91. The van der Waals surface area contributed by atoms with Crippen LogP contribution in [0.3, 0.4) is 0 Å². The molecule has 5 nitrogen and oxygen atoms in total. The molecule has 0 heterocycles. The van der Waals surface area contributed by atoms with Crippen molar-refractivity contribution in [1.82, 2.24) is 0 Å². The lowest BCUT2D eigenvalue weighted by molar-refractivity contribution is 0.102. The van der Waals surface area contributed by atoms with Crippen LogP contribution >= 0.6 is 0 Å². The van der Waals surface area contributed by atoms with Crippen molar-refractivity contribution in [1.29, 1.82) is 0 Å². The summed E-state index contributed by atoms with van der Waals surface area (Å²) < 4.78 is 10.6. The van der Waals surface area contributed by atoms with Crippen LogP contribution < -0.4 is 20.5 Å². The van der Waals surface area contributed by atoms with Crippen molar-refractivity contribution < 1.29 is 14.3 Å². The van der Waals surface area contributed by atoms with Crippen LogP contribution in [-0.2, 0) is 0 Å². The second-order valence-electron chi connectivity index (χ2n) is 4.79. The number of methoxy groups -OCH3 is 1. The summed E-state index contributed by atoms with van der Waals surface area (Å²) >= 11 is 0. The van der Waals surface area contributed by atoms with E-state index < -0.39 is 0 Å². The highest BCUT2D eigenvalue weighted by Crippen LogP contribution is 2.24. The topological polar surface area (TPSA) is 73.6 Å². The van der Waals surface area contributed by atoms with Gasteiger partial charge in [0.2, 0.25) is 0 Å². The van der Waals surface area contributed by atoms with E-state index in [0.29, 0.717) is 35.0 Å². The van der Waals surface area contributed by atoms with Gasteiger partial charge in [-0.05, 0) is 36.8 Å². The SMILES string of the molecule is CCCOc1ccc(C(=O)Nc2cccc(OC)c2)cc1N. The van der Waals surface area contributed by atoms with E-state index in [9.17, 15) is 4.79 Å². The number of amides is 1. The Hall–Kier alpha value is -2.69. The summed E-state index contributed by atoms with van der Waals surface area (Å²) in [6.45, 7) is 2.62. The number of anilines is 2. The fourth-order valence-corrected chi connectivity index (χ4v) is 1.94. The molecule has 22 heavy (non-hydrogen) atoms. The number of carbonyl (C=O) groups is 1.